The Bertz CT molecular complexity index is 50.9. The van der Waals surface area contributed by atoms with E-state index < -0.39 is 0 Å². The van der Waals surface area contributed by atoms with E-state index in [0.29, 0.717) is 0 Å². The second-order valence-corrected chi connectivity index (χ2v) is 2.08. The summed E-state index contributed by atoms with van der Waals surface area (Å²) >= 11 is 0. The van der Waals surface area contributed by atoms with Crippen LogP contribution in [0.15, 0.2) is 0 Å². The van der Waals surface area contributed by atoms with Gasteiger partial charge in [-0.15, -0.1) is 0 Å². The summed E-state index contributed by atoms with van der Waals surface area (Å²) in [6.45, 7) is 4.98. The van der Waals surface area contributed by atoms with E-state index in [1.54, 1.807) is 0 Å². The van der Waals surface area contributed by atoms with Crippen molar-refractivity contribution in [3.63, 3.8) is 0 Å². The van der Waals surface area contributed by atoms with Crippen molar-refractivity contribution in [3.8, 4) is 0 Å². The van der Waals surface area contributed by atoms with Crippen LogP contribution >= 0.6 is 0 Å². The topological polar surface area (TPSA) is 29.5 Å². The van der Waals surface area contributed by atoms with E-state index in [-0.39, 0.29) is 12.7 Å². The van der Waals surface area contributed by atoms with Gasteiger partial charge in [0, 0.05) is 6.61 Å². The fourth-order valence-electron chi connectivity index (χ4n) is 0.584. The zero-order valence-corrected chi connectivity index (χ0v) is 6.26. The van der Waals surface area contributed by atoms with Crippen LogP contribution in [0.3, 0.4) is 0 Å². The van der Waals surface area contributed by atoms with Gasteiger partial charge < -0.3 is 9.84 Å². The van der Waals surface area contributed by atoms with E-state index in [1.807, 2.05) is 6.92 Å². The molecule has 1 unspecified atom stereocenters. The Kier molecular flexibility index (Phi) is 5.99. The summed E-state index contributed by atoms with van der Waals surface area (Å²) in [4.78, 5) is 0. The molecule has 0 saturated heterocycles. The van der Waals surface area contributed by atoms with Crippen LogP contribution < -0.4 is 0 Å². The first-order valence-corrected chi connectivity index (χ1v) is 3.57. The molecule has 1 N–H and O–H groups in total. The molecule has 0 heterocycles. The molecular formula is C7H16O2. The first kappa shape index (κ1) is 8.92. The van der Waals surface area contributed by atoms with Gasteiger partial charge in [-0.3, -0.25) is 0 Å². The molecule has 0 rings (SSSR count). The van der Waals surface area contributed by atoms with Crippen LogP contribution in [0.25, 0.3) is 0 Å². The molecule has 2 nitrogen and oxygen atoms in total. The van der Waals surface area contributed by atoms with Gasteiger partial charge in [0.25, 0.3) is 0 Å². The Labute approximate surface area is 56.8 Å². The predicted octanol–water partition coefficient (Wildman–Crippen LogP) is 1.18. The van der Waals surface area contributed by atoms with Crippen LogP contribution in [0.5, 0.6) is 0 Å². The van der Waals surface area contributed by atoms with Crippen LogP contribution in [0.4, 0.5) is 0 Å². The summed E-state index contributed by atoms with van der Waals surface area (Å²) in [5.74, 6) is 0. The van der Waals surface area contributed by atoms with Crippen LogP contribution in [0, 0.1) is 0 Å². The Morgan fingerprint density at radius 2 is 2.11 bits per heavy atom. The van der Waals surface area contributed by atoms with Crippen molar-refractivity contribution < 1.29 is 9.84 Å². The van der Waals surface area contributed by atoms with Crippen molar-refractivity contribution in [1.29, 1.82) is 0 Å². The summed E-state index contributed by atoms with van der Waals surface area (Å²) in [5, 5.41) is 8.63. The largest absolute Gasteiger partial charge is 0.394 e. The smallest absolute Gasteiger partial charge is 0.0803 e. The zero-order valence-electron chi connectivity index (χ0n) is 6.26. The Hall–Kier alpha value is -0.0800. The molecule has 9 heavy (non-hydrogen) atoms. The Morgan fingerprint density at radius 1 is 1.44 bits per heavy atom. The summed E-state index contributed by atoms with van der Waals surface area (Å²) < 4.78 is 5.24. The third kappa shape index (κ3) is 4.43. The highest BCUT2D eigenvalue weighted by Crippen LogP contribution is 1.96. The lowest BCUT2D eigenvalue weighted by molar-refractivity contribution is 0.0115. The second-order valence-electron chi connectivity index (χ2n) is 2.08. The highest BCUT2D eigenvalue weighted by molar-refractivity contribution is 4.50. The number of aliphatic hydroxyl groups is 1. The van der Waals surface area contributed by atoms with E-state index in [2.05, 4.69) is 6.92 Å². The Balaban J connectivity index is 3.09. The third-order valence-corrected chi connectivity index (χ3v) is 1.22. The minimum atomic E-state index is 0.0601. The van der Waals surface area contributed by atoms with Crippen molar-refractivity contribution in [2.45, 2.75) is 32.8 Å². The van der Waals surface area contributed by atoms with Crippen LogP contribution in [0.1, 0.15) is 26.7 Å². The lowest BCUT2D eigenvalue weighted by Gasteiger charge is -2.11. The summed E-state index contributed by atoms with van der Waals surface area (Å²) in [7, 11) is 0. The highest BCUT2D eigenvalue weighted by atomic mass is 16.5. The molecule has 0 aromatic heterocycles. The van der Waals surface area contributed by atoms with Gasteiger partial charge >= 0.3 is 0 Å². The highest BCUT2D eigenvalue weighted by Gasteiger charge is 2.01. The molecule has 0 radical (unpaired) electrons. The molecule has 0 aliphatic carbocycles. The average Bonchev–Trinajstić information content (AvgIpc) is 1.91. The van der Waals surface area contributed by atoms with Crippen molar-refractivity contribution in [2.24, 2.45) is 0 Å². The fourth-order valence-corrected chi connectivity index (χ4v) is 0.584. The quantitative estimate of drug-likeness (QED) is 0.608. The van der Waals surface area contributed by atoms with Gasteiger partial charge in [0.2, 0.25) is 0 Å². The molecule has 0 aromatic carbocycles. The first-order chi connectivity index (χ1) is 4.35. The van der Waals surface area contributed by atoms with E-state index in [9.17, 15) is 0 Å². The van der Waals surface area contributed by atoms with Gasteiger partial charge in [-0.1, -0.05) is 13.8 Å². The second kappa shape index (κ2) is 6.05. The number of rotatable bonds is 5. The summed E-state index contributed by atoms with van der Waals surface area (Å²) in [6, 6.07) is 0. The van der Waals surface area contributed by atoms with Gasteiger partial charge in [0.15, 0.2) is 0 Å². The first-order valence-electron chi connectivity index (χ1n) is 3.57. The van der Waals surface area contributed by atoms with Gasteiger partial charge in [0.05, 0.1) is 12.7 Å². The van der Waals surface area contributed by atoms with Crippen LogP contribution in [-0.2, 0) is 4.74 Å². The summed E-state index contributed by atoms with van der Waals surface area (Å²) in [6.07, 6.45) is 1.98. The Morgan fingerprint density at radius 3 is 2.44 bits per heavy atom. The molecule has 0 aromatic rings. The van der Waals surface area contributed by atoms with Crippen LogP contribution in [-0.4, -0.2) is 24.4 Å². The SMILES string of the molecule is CCCOC(CC)CO. The maximum Gasteiger partial charge on any atom is 0.0803 e. The van der Waals surface area contributed by atoms with E-state index in [4.69, 9.17) is 9.84 Å². The summed E-state index contributed by atoms with van der Waals surface area (Å²) in [5.41, 5.74) is 0. The predicted molar refractivity (Wildman–Crippen MR) is 37.4 cm³/mol. The van der Waals surface area contributed by atoms with Gasteiger partial charge in [-0.25, -0.2) is 0 Å². The van der Waals surface area contributed by atoms with E-state index in [0.717, 1.165) is 19.4 Å². The normalized spacial score (nSPS) is 13.7. The van der Waals surface area contributed by atoms with E-state index in [1.165, 1.54) is 0 Å². The molecule has 0 fully saturated rings. The lowest BCUT2D eigenvalue weighted by atomic mass is 10.3. The van der Waals surface area contributed by atoms with Crippen molar-refractivity contribution in [3.05, 3.63) is 0 Å². The monoisotopic (exact) mass is 132 g/mol. The van der Waals surface area contributed by atoms with Crippen molar-refractivity contribution >= 4 is 0 Å². The van der Waals surface area contributed by atoms with Crippen molar-refractivity contribution in [2.75, 3.05) is 13.2 Å². The molecule has 0 amide bonds. The molecule has 56 valence electrons. The number of hydrogen-bond donors (Lipinski definition) is 1. The van der Waals surface area contributed by atoms with Gasteiger partial charge in [-0.05, 0) is 12.8 Å². The molecule has 2 heteroatoms. The average molecular weight is 132 g/mol. The van der Waals surface area contributed by atoms with Crippen LogP contribution in [0.2, 0.25) is 0 Å². The van der Waals surface area contributed by atoms with Crippen molar-refractivity contribution in [1.82, 2.24) is 0 Å². The molecule has 0 spiro atoms. The molecule has 0 saturated carbocycles. The standard InChI is InChI=1S/C7H16O2/c1-3-5-9-7(4-2)6-8/h7-8H,3-6H2,1-2H3. The van der Waals surface area contributed by atoms with Gasteiger partial charge in [-0.2, -0.15) is 0 Å². The minimum Gasteiger partial charge on any atom is -0.394 e. The number of aliphatic hydroxyl groups excluding tert-OH is 1. The molecule has 0 aliphatic rings. The van der Waals surface area contributed by atoms with E-state index >= 15 is 0 Å². The zero-order chi connectivity index (χ0) is 7.11. The molecular weight excluding hydrogens is 116 g/mol. The maximum absolute atomic E-state index is 8.63. The maximum atomic E-state index is 8.63. The molecule has 0 bridgehead atoms. The minimum absolute atomic E-state index is 0.0601. The number of ether oxygens (including phenoxy) is 1. The lowest BCUT2D eigenvalue weighted by Crippen LogP contribution is -2.16. The van der Waals surface area contributed by atoms with Gasteiger partial charge in [0.1, 0.15) is 0 Å². The fraction of sp³-hybridized carbons (Fsp3) is 1.00. The third-order valence-electron chi connectivity index (χ3n) is 1.22. The molecule has 1 atom stereocenters. The number of hydrogen-bond acceptors (Lipinski definition) is 2. The molecule has 0 aliphatic heterocycles.